The van der Waals surface area contributed by atoms with E-state index in [1.807, 2.05) is 41.1 Å². The van der Waals surface area contributed by atoms with Crippen LogP contribution in [0.3, 0.4) is 0 Å². The number of ether oxygens (including phenoxy) is 1. The minimum absolute atomic E-state index is 0.268. The van der Waals surface area contributed by atoms with Gasteiger partial charge in [-0.2, -0.15) is 4.99 Å². The molecule has 44 heavy (non-hydrogen) atoms. The first-order valence-corrected chi connectivity index (χ1v) is 14.5. The summed E-state index contributed by atoms with van der Waals surface area (Å²) in [5.74, 6) is 0.265. The van der Waals surface area contributed by atoms with Crippen molar-refractivity contribution in [3.05, 3.63) is 106 Å². The molecule has 0 fully saturated rings. The Morgan fingerprint density at radius 1 is 1.05 bits per heavy atom. The number of thiazole rings is 1. The molecular weight excluding hydrogens is 596 g/mol. The van der Waals surface area contributed by atoms with E-state index in [9.17, 15) is 18.0 Å². The van der Waals surface area contributed by atoms with Crippen LogP contribution in [-0.4, -0.2) is 38.3 Å². The number of urea groups is 1. The molecule has 228 valence electrons. The zero-order valence-corrected chi connectivity index (χ0v) is 24.7. The third-order valence-corrected chi connectivity index (χ3v) is 7.61. The van der Waals surface area contributed by atoms with E-state index in [1.54, 1.807) is 24.3 Å². The highest BCUT2D eigenvalue weighted by Crippen LogP contribution is 2.26. The van der Waals surface area contributed by atoms with Gasteiger partial charge in [-0.3, -0.25) is 4.57 Å². The highest BCUT2D eigenvalue weighted by molar-refractivity contribution is 7.07. The lowest BCUT2D eigenvalue weighted by Gasteiger charge is -2.15. The number of rotatable bonds is 8. The zero-order chi connectivity index (χ0) is 31.4. The molecule has 0 saturated heterocycles. The molecule has 0 bridgehead atoms. The van der Waals surface area contributed by atoms with Crippen LogP contribution in [0, 0.1) is 6.92 Å². The van der Waals surface area contributed by atoms with E-state index < -0.39 is 18.6 Å². The number of halogens is 4. The number of para-hydroxylation sites is 1. The predicted molar refractivity (Wildman–Crippen MR) is 159 cm³/mol. The number of nitrogens with one attached hydrogen (secondary N) is 1. The van der Waals surface area contributed by atoms with E-state index in [0.717, 1.165) is 16.9 Å². The van der Waals surface area contributed by atoms with Crippen LogP contribution in [-0.2, 0) is 0 Å². The lowest BCUT2D eigenvalue weighted by atomic mass is 10.0. The van der Waals surface area contributed by atoms with Crippen LogP contribution < -0.4 is 14.9 Å². The van der Waals surface area contributed by atoms with Gasteiger partial charge in [0.1, 0.15) is 18.2 Å². The van der Waals surface area contributed by atoms with Crippen molar-refractivity contribution in [3.63, 3.8) is 0 Å². The van der Waals surface area contributed by atoms with E-state index in [0.29, 0.717) is 27.4 Å². The van der Waals surface area contributed by atoms with Crippen LogP contribution in [0.1, 0.15) is 42.8 Å². The molecule has 0 aliphatic carbocycles. The summed E-state index contributed by atoms with van der Waals surface area (Å²) in [6.45, 7) is 5.88. The van der Waals surface area contributed by atoms with Crippen molar-refractivity contribution in [1.29, 1.82) is 0 Å². The zero-order valence-electron chi connectivity index (χ0n) is 23.9. The summed E-state index contributed by atoms with van der Waals surface area (Å²) in [6.07, 6.45) is -4.84. The summed E-state index contributed by atoms with van der Waals surface area (Å²) in [7, 11) is 0. The second-order valence-electron chi connectivity index (χ2n) is 10.2. The van der Waals surface area contributed by atoms with Gasteiger partial charge >= 0.3 is 12.4 Å². The lowest BCUT2D eigenvalue weighted by molar-refractivity contribution is -0.274. The number of alkyl halides is 4. The van der Waals surface area contributed by atoms with Gasteiger partial charge in [0.15, 0.2) is 10.6 Å². The fourth-order valence-electron chi connectivity index (χ4n) is 4.53. The molecule has 1 unspecified atom stereocenters. The Morgan fingerprint density at radius 2 is 1.75 bits per heavy atom. The highest BCUT2D eigenvalue weighted by atomic mass is 32.1. The van der Waals surface area contributed by atoms with Crippen LogP contribution in [0.2, 0.25) is 0 Å². The van der Waals surface area contributed by atoms with E-state index in [1.165, 1.54) is 46.6 Å². The van der Waals surface area contributed by atoms with Gasteiger partial charge in [0.2, 0.25) is 0 Å². The number of amides is 2. The first-order valence-electron chi connectivity index (χ1n) is 13.6. The number of aromatic nitrogens is 4. The Hall–Kier alpha value is -4.78. The number of aryl methyl sites for hydroxylation is 1. The van der Waals surface area contributed by atoms with Crippen molar-refractivity contribution in [1.82, 2.24) is 24.6 Å². The van der Waals surface area contributed by atoms with Gasteiger partial charge < -0.3 is 10.1 Å². The minimum atomic E-state index is -4.78. The van der Waals surface area contributed by atoms with Gasteiger partial charge in [0.25, 0.3) is 0 Å². The van der Waals surface area contributed by atoms with Gasteiger partial charge in [-0.05, 0) is 54.3 Å². The van der Waals surface area contributed by atoms with Crippen molar-refractivity contribution >= 4 is 17.4 Å². The van der Waals surface area contributed by atoms with Gasteiger partial charge in [0, 0.05) is 16.6 Å². The smallest absolute Gasteiger partial charge is 0.406 e. The van der Waals surface area contributed by atoms with Crippen LogP contribution in [0.4, 0.5) is 22.4 Å². The van der Waals surface area contributed by atoms with Gasteiger partial charge in [-0.25, -0.2) is 18.9 Å². The molecule has 1 N–H and O–H groups in total. The SMILES string of the molecule is Cc1cs/c(=N\C(=O)NCC(F)c2ccc(-c3ncn(-c4ccc(OC(F)(F)F)cc4)n3)cc2)n1-c1ccccc1C(C)C. The standard InChI is InChI=1S/C31H28F4N6O2S/c1-19(2)25-6-4-5-7-27(25)41-20(3)17-44-30(41)38-29(42)36-16-26(32)21-8-10-22(11-9-21)28-37-18-40(39-28)23-12-14-24(15-13-23)43-31(33,34)35/h4-15,17-19,26H,16H2,1-3H3,(H,36,42)/b38-30-. The van der Waals surface area contributed by atoms with Gasteiger partial charge in [-0.15, -0.1) is 29.6 Å². The third-order valence-electron chi connectivity index (χ3n) is 6.67. The molecule has 0 aliphatic heterocycles. The quantitative estimate of drug-likeness (QED) is 0.182. The van der Waals surface area contributed by atoms with Crippen molar-refractivity contribution in [3.8, 4) is 28.5 Å². The molecule has 13 heteroatoms. The average molecular weight is 625 g/mol. The maximum absolute atomic E-state index is 15.0. The maximum atomic E-state index is 15.0. The molecule has 8 nitrogen and oxygen atoms in total. The Bertz CT molecular complexity index is 1810. The first-order chi connectivity index (χ1) is 21.0. The third kappa shape index (κ3) is 7.22. The first kappa shape index (κ1) is 30.7. The molecule has 5 rings (SSSR count). The van der Waals surface area contributed by atoms with E-state index in [2.05, 4.69) is 39.0 Å². The number of carbonyl (C=O) groups is 1. The number of benzene rings is 3. The van der Waals surface area contributed by atoms with Crippen molar-refractivity contribution < 1.29 is 27.1 Å². The molecule has 3 aromatic carbocycles. The van der Waals surface area contributed by atoms with Crippen LogP contribution in [0.5, 0.6) is 5.75 Å². The summed E-state index contributed by atoms with van der Waals surface area (Å²) >= 11 is 1.33. The van der Waals surface area contributed by atoms with Crippen molar-refractivity contribution in [2.24, 2.45) is 4.99 Å². The Labute approximate surface area is 254 Å². The fraction of sp³-hybridized carbons (Fsp3) is 0.226. The maximum Gasteiger partial charge on any atom is 0.573 e. The molecule has 5 aromatic rings. The molecule has 1 atom stereocenters. The average Bonchev–Trinajstić information content (AvgIpc) is 3.62. The van der Waals surface area contributed by atoms with Gasteiger partial charge in [0.05, 0.1) is 17.9 Å². The van der Waals surface area contributed by atoms with Crippen LogP contribution in [0.15, 0.2) is 89.5 Å². The normalized spacial score (nSPS) is 12.9. The van der Waals surface area contributed by atoms with Crippen molar-refractivity contribution in [2.75, 3.05) is 6.54 Å². The van der Waals surface area contributed by atoms with E-state index in [4.69, 9.17) is 0 Å². The largest absolute Gasteiger partial charge is 0.573 e. The number of hydrogen-bond donors (Lipinski definition) is 1. The Kier molecular flexibility index (Phi) is 8.95. The molecular formula is C31H28F4N6O2S. The van der Waals surface area contributed by atoms with Crippen LogP contribution >= 0.6 is 11.3 Å². The van der Waals surface area contributed by atoms with E-state index in [-0.39, 0.29) is 18.2 Å². The summed E-state index contributed by atoms with van der Waals surface area (Å²) in [5, 5.41) is 8.83. The summed E-state index contributed by atoms with van der Waals surface area (Å²) in [6, 6.07) is 19.0. The summed E-state index contributed by atoms with van der Waals surface area (Å²) in [4.78, 5) is 21.6. The summed E-state index contributed by atoms with van der Waals surface area (Å²) in [5.41, 5.74) is 4.44. The van der Waals surface area contributed by atoms with Gasteiger partial charge in [-0.1, -0.05) is 56.3 Å². The fourth-order valence-corrected chi connectivity index (χ4v) is 5.39. The molecule has 0 saturated carbocycles. The number of carbonyl (C=O) groups excluding carboxylic acids is 1. The summed E-state index contributed by atoms with van der Waals surface area (Å²) < 4.78 is 59.4. The monoisotopic (exact) mass is 624 g/mol. The minimum Gasteiger partial charge on any atom is -0.406 e. The Morgan fingerprint density at radius 3 is 2.43 bits per heavy atom. The molecule has 2 amide bonds. The Balaban J connectivity index is 1.22. The van der Waals surface area contributed by atoms with Crippen LogP contribution in [0.25, 0.3) is 22.8 Å². The second-order valence-corrected chi connectivity index (χ2v) is 11.0. The topological polar surface area (TPSA) is 86.3 Å². The number of hydrogen-bond acceptors (Lipinski definition) is 5. The molecule has 0 aliphatic rings. The molecule has 0 radical (unpaired) electrons. The van der Waals surface area contributed by atoms with E-state index >= 15 is 4.39 Å². The highest BCUT2D eigenvalue weighted by Gasteiger charge is 2.31. The molecule has 2 heterocycles. The van der Waals surface area contributed by atoms with Crippen molar-refractivity contribution in [2.45, 2.75) is 39.2 Å². The lowest BCUT2D eigenvalue weighted by Crippen LogP contribution is -2.27. The molecule has 0 spiro atoms. The second kappa shape index (κ2) is 12.8. The number of nitrogens with zero attached hydrogens (tertiary/aromatic N) is 5. The molecule has 2 aromatic heterocycles. The predicted octanol–water partition coefficient (Wildman–Crippen LogP) is 7.44.